The zero-order chi connectivity index (χ0) is 24.3. The molecule has 0 saturated carbocycles. The number of imidazole rings is 1. The Bertz CT molecular complexity index is 1050. The number of aryl methyl sites for hydroxylation is 1. The molecule has 0 N–H and O–H groups in total. The Balaban J connectivity index is 1.62. The third kappa shape index (κ3) is 7.30. The second-order valence-corrected chi connectivity index (χ2v) is 7.78. The normalized spacial score (nSPS) is 11.0. The SMILES string of the molecule is CCOC(=O)CCCCCOc1ccccc1Cn1c(C)cnc1-c1ccc(OC(F)F)cc1. The van der Waals surface area contributed by atoms with Crippen molar-refractivity contribution < 1.29 is 27.8 Å². The second kappa shape index (κ2) is 12.7. The zero-order valence-corrected chi connectivity index (χ0v) is 19.5. The molecule has 0 atom stereocenters. The first-order chi connectivity index (χ1) is 16.5. The van der Waals surface area contributed by atoms with Crippen molar-refractivity contribution in [2.45, 2.75) is 52.7 Å². The van der Waals surface area contributed by atoms with E-state index in [0.29, 0.717) is 26.2 Å². The van der Waals surface area contributed by atoms with E-state index in [2.05, 4.69) is 14.3 Å². The molecule has 0 unspecified atom stereocenters. The molecule has 1 aromatic heterocycles. The number of rotatable bonds is 13. The van der Waals surface area contributed by atoms with Crippen LogP contribution in [0.3, 0.4) is 0 Å². The number of benzene rings is 2. The summed E-state index contributed by atoms with van der Waals surface area (Å²) in [6.45, 7) is 2.44. The van der Waals surface area contributed by atoms with E-state index in [0.717, 1.165) is 47.7 Å². The van der Waals surface area contributed by atoms with Gasteiger partial charge in [-0.3, -0.25) is 4.79 Å². The molecule has 0 fully saturated rings. The van der Waals surface area contributed by atoms with Gasteiger partial charge in [-0.25, -0.2) is 4.98 Å². The minimum atomic E-state index is -2.86. The van der Waals surface area contributed by atoms with Gasteiger partial charge >= 0.3 is 12.6 Å². The molecule has 0 aliphatic rings. The number of nitrogens with zero attached hydrogens (tertiary/aromatic N) is 2. The van der Waals surface area contributed by atoms with Crippen molar-refractivity contribution in [1.82, 2.24) is 9.55 Å². The van der Waals surface area contributed by atoms with Gasteiger partial charge in [0.25, 0.3) is 0 Å². The number of aromatic nitrogens is 2. The van der Waals surface area contributed by atoms with E-state index in [1.165, 1.54) is 12.1 Å². The summed E-state index contributed by atoms with van der Waals surface area (Å²) in [6, 6.07) is 14.3. The number of halogens is 2. The average Bonchev–Trinajstić information content (AvgIpc) is 3.17. The number of carbonyl (C=O) groups is 1. The molecule has 0 aliphatic carbocycles. The van der Waals surface area contributed by atoms with Gasteiger partial charge in [0.15, 0.2) is 0 Å². The van der Waals surface area contributed by atoms with Crippen LogP contribution in [0.5, 0.6) is 11.5 Å². The minimum absolute atomic E-state index is 0.106. The number of unbranched alkanes of at least 4 members (excludes halogenated alkanes) is 2. The highest BCUT2D eigenvalue weighted by molar-refractivity contribution is 5.69. The van der Waals surface area contributed by atoms with Gasteiger partial charge in [0, 0.05) is 29.4 Å². The maximum absolute atomic E-state index is 12.4. The first kappa shape index (κ1) is 25.2. The summed E-state index contributed by atoms with van der Waals surface area (Å²) in [4.78, 5) is 15.9. The highest BCUT2D eigenvalue weighted by Crippen LogP contribution is 2.27. The summed E-state index contributed by atoms with van der Waals surface area (Å²) >= 11 is 0. The lowest BCUT2D eigenvalue weighted by Gasteiger charge is -2.15. The maximum atomic E-state index is 12.4. The highest BCUT2D eigenvalue weighted by Gasteiger charge is 2.13. The number of esters is 1. The smallest absolute Gasteiger partial charge is 0.387 e. The fourth-order valence-electron chi connectivity index (χ4n) is 3.59. The molecule has 2 aromatic carbocycles. The number of carbonyl (C=O) groups excluding carboxylic acids is 1. The number of alkyl halides is 2. The van der Waals surface area contributed by atoms with E-state index in [1.807, 2.05) is 31.2 Å². The Hall–Kier alpha value is -3.42. The lowest BCUT2D eigenvalue weighted by molar-refractivity contribution is -0.143. The van der Waals surface area contributed by atoms with Gasteiger partial charge in [-0.1, -0.05) is 18.2 Å². The van der Waals surface area contributed by atoms with Gasteiger partial charge in [0.2, 0.25) is 0 Å². The summed E-state index contributed by atoms with van der Waals surface area (Å²) in [7, 11) is 0. The van der Waals surface area contributed by atoms with Crippen LogP contribution in [0.15, 0.2) is 54.7 Å². The van der Waals surface area contributed by atoms with Crippen molar-refractivity contribution in [1.29, 1.82) is 0 Å². The van der Waals surface area contributed by atoms with Crippen LogP contribution in [-0.2, 0) is 16.1 Å². The molecule has 0 aliphatic heterocycles. The molecule has 0 saturated heterocycles. The van der Waals surface area contributed by atoms with E-state index in [9.17, 15) is 13.6 Å². The molecule has 34 heavy (non-hydrogen) atoms. The molecule has 6 nitrogen and oxygen atoms in total. The highest BCUT2D eigenvalue weighted by atomic mass is 19.3. The molecule has 8 heteroatoms. The third-order valence-corrected chi connectivity index (χ3v) is 5.28. The Labute approximate surface area is 198 Å². The molecule has 0 amide bonds. The van der Waals surface area contributed by atoms with Crippen LogP contribution in [0.1, 0.15) is 43.9 Å². The molecular weight excluding hydrogens is 442 g/mol. The Morgan fingerprint density at radius 3 is 2.56 bits per heavy atom. The van der Waals surface area contributed by atoms with Crippen molar-refractivity contribution in [3.8, 4) is 22.9 Å². The lowest BCUT2D eigenvalue weighted by Crippen LogP contribution is -2.07. The van der Waals surface area contributed by atoms with Crippen LogP contribution >= 0.6 is 0 Å². The van der Waals surface area contributed by atoms with Crippen LogP contribution in [0.25, 0.3) is 11.4 Å². The van der Waals surface area contributed by atoms with Gasteiger partial charge < -0.3 is 18.8 Å². The summed E-state index contributed by atoms with van der Waals surface area (Å²) in [5, 5.41) is 0. The monoisotopic (exact) mass is 472 g/mol. The largest absolute Gasteiger partial charge is 0.493 e. The van der Waals surface area contributed by atoms with Crippen molar-refractivity contribution in [3.05, 3.63) is 66.0 Å². The summed E-state index contributed by atoms with van der Waals surface area (Å²) in [6.07, 6.45) is 4.73. The molecule has 0 radical (unpaired) electrons. The van der Waals surface area contributed by atoms with E-state index in [-0.39, 0.29) is 11.7 Å². The van der Waals surface area contributed by atoms with Gasteiger partial charge in [-0.05, 0) is 63.4 Å². The van der Waals surface area contributed by atoms with Crippen LogP contribution in [-0.4, -0.2) is 35.3 Å². The van der Waals surface area contributed by atoms with Gasteiger partial charge in [0.1, 0.15) is 17.3 Å². The summed E-state index contributed by atoms with van der Waals surface area (Å²) in [5.74, 6) is 1.48. The topological polar surface area (TPSA) is 62.6 Å². The van der Waals surface area contributed by atoms with Crippen molar-refractivity contribution in [2.24, 2.45) is 0 Å². The van der Waals surface area contributed by atoms with Crippen molar-refractivity contribution in [3.63, 3.8) is 0 Å². The molecule has 0 bridgehead atoms. The van der Waals surface area contributed by atoms with E-state index < -0.39 is 6.61 Å². The predicted molar refractivity (Wildman–Crippen MR) is 125 cm³/mol. The quantitative estimate of drug-likeness (QED) is 0.225. The standard InChI is InChI=1S/C26H30F2N2O4/c1-3-32-24(31)11-5-4-8-16-33-23-10-7-6-9-21(23)18-30-19(2)17-29-25(30)20-12-14-22(15-13-20)34-26(27)28/h6-7,9-10,12-15,17,26H,3-5,8,11,16,18H2,1-2H3. The number of para-hydroxylation sites is 1. The van der Waals surface area contributed by atoms with E-state index in [1.54, 1.807) is 25.3 Å². The van der Waals surface area contributed by atoms with Gasteiger partial charge in [-0.15, -0.1) is 0 Å². The molecule has 3 rings (SSSR count). The van der Waals surface area contributed by atoms with Crippen molar-refractivity contribution in [2.75, 3.05) is 13.2 Å². The molecule has 182 valence electrons. The first-order valence-electron chi connectivity index (χ1n) is 11.4. The minimum Gasteiger partial charge on any atom is -0.493 e. The number of hydrogen-bond acceptors (Lipinski definition) is 5. The van der Waals surface area contributed by atoms with Gasteiger partial charge in [0.05, 0.1) is 19.8 Å². The third-order valence-electron chi connectivity index (χ3n) is 5.28. The van der Waals surface area contributed by atoms with Crippen LogP contribution in [0.4, 0.5) is 8.78 Å². The predicted octanol–water partition coefficient (Wildman–Crippen LogP) is 6.01. The average molecular weight is 473 g/mol. The number of hydrogen-bond donors (Lipinski definition) is 0. The second-order valence-electron chi connectivity index (χ2n) is 7.78. The van der Waals surface area contributed by atoms with Crippen LogP contribution < -0.4 is 9.47 Å². The fraction of sp³-hybridized carbons (Fsp3) is 0.385. The summed E-state index contributed by atoms with van der Waals surface area (Å²) in [5.41, 5.74) is 2.78. The maximum Gasteiger partial charge on any atom is 0.387 e. The van der Waals surface area contributed by atoms with Gasteiger partial charge in [-0.2, -0.15) is 8.78 Å². The Kier molecular flexibility index (Phi) is 9.43. The molecular formula is C26H30F2N2O4. The molecule has 3 aromatic rings. The summed E-state index contributed by atoms with van der Waals surface area (Å²) < 4.78 is 42.3. The Morgan fingerprint density at radius 2 is 1.82 bits per heavy atom. The van der Waals surface area contributed by atoms with E-state index in [4.69, 9.17) is 9.47 Å². The fourth-order valence-corrected chi connectivity index (χ4v) is 3.59. The first-order valence-corrected chi connectivity index (χ1v) is 11.4. The zero-order valence-electron chi connectivity index (χ0n) is 19.5. The van der Waals surface area contributed by atoms with Crippen LogP contribution in [0.2, 0.25) is 0 Å². The lowest BCUT2D eigenvalue weighted by atomic mass is 10.1. The Morgan fingerprint density at radius 1 is 1.06 bits per heavy atom. The van der Waals surface area contributed by atoms with Crippen LogP contribution in [0, 0.1) is 6.92 Å². The van der Waals surface area contributed by atoms with E-state index >= 15 is 0 Å². The molecule has 1 heterocycles. The van der Waals surface area contributed by atoms with Crippen molar-refractivity contribution >= 4 is 5.97 Å². The number of ether oxygens (including phenoxy) is 3. The molecule has 0 spiro atoms.